The van der Waals surface area contributed by atoms with Crippen LogP contribution >= 0.6 is 0 Å². The third kappa shape index (κ3) is 13.9. The van der Waals surface area contributed by atoms with Gasteiger partial charge in [-0.25, -0.2) is 17.8 Å². The fourth-order valence-corrected chi connectivity index (χ4v) is 9.69. The standard InChI is InChI=1S/C52H56FN9O12S/c53-42-28-38(8-10-39(42)35-26-41(49(54)58-29-35)32-7-9-40-33(25-32)13-15-56-50(40)66)75(69,70)61-37-5-2-4-36(27-37)59-46(64)14-17-71-19-21-73-23-24-74-22-20-72-18-16-55-47(65)30-57-43-6-1-3-34-31-62(52(68)48(34)43)44-11-12-45(63)60-51(44)67/h1-10,25-29,44,57,61H,11-24,30-31H2,(H2,54,58)(H,55,65)(H,56,66)(H,59,64)(H,60,63,67). The summed E-state index contributed by atoms with van der Waals surface area (Å²) in [6.07, 6.45) is 2.50. The molecule has 0 aliphatic carbocycles. The number of rotatable bonds is 25. The molecule has 23 heteroatoms. The number of fused-ring (bicyclic) bond motifs is 2. The molecular formula is C52H56FN9O12S. The first-order valence-electron chi connectivity index (χ1n) is 24.2. The largest absolute Gasteiger partial charge is 0.383 e. The van der Waals surface area contributed by atoms with Gasteiger partial charge in [-0.2, -0.15) is 0 Å². The van der Waals surface area contributed by atoms with Crippen LogP contribution in [0.4, 0.5) is 27.3 Å². The monoisotopic (exact) mass is 1050 g/mol. The molecule has 1 aromatic heterocycles. The number of benzene rings is 4. The molecule has 0 bridgehead atoms. The molecule has 3 aliphatic rings. The number of pyridine rings is 1. The van der Waals surface area contributed by atoms with Crippen LogP contribution < -0.4 is 37.0 Å². The number of nitrogens with zero attached hydrogens (tertiary/aromatic N) is 2. The molecule has 3 aliphatic heterocycles. The molecule has 8 N–H and O–H groups in total. The highest BCUT2D eigenvalue weighted by Crippen LogP contribution is 2.35. The summed E-state index contributed by atoms with van der Waals surface area (Å²) < 4.78 is 66.8. The van der Waals surface area contributed by atoms with E-state index in [1.54, 1.807) is 48.5 Å². The molecule has 21 nitrogen and oxygen atoms in total. The van der Waals surface area contributed by atoms with Gasteiger partial charge in [0.25, 0.3) is 21.8 Å². The van der Waals surface area contributed by atoms with E-state index in [1.165, 1.54) is 35.4 Å². The number of nitrogens with one attached hydrogen (secondary N) is 6. The molecular weight excluding hydrogens is 994 g/mol. The number of nitrogens with two attached hydrogens (primary N) is 1. The number of sulfonamides is 1. The average molecular weight is 1050 g/mol. The first kappa shape index (κ1) is 53.5. The van der Waals surface area contributed by atoms with Crippen LogP contribution in [0.2, 0.25) is 0 Å². The summed E-state index contributed by atoms with van der Waals surface area (Å²) in [5.41, 5.74) is 11.5. The lowest BCUT2D eigenvalue weighted by atomic mass is 9.94. The van der Waals surface area contributed by atoms with Crippen molar-refractivity contribution in [2.75, 3.05) is 93.6 Å². The number of amides is 6. The van der Waals surface area contributed by atoms with E-state index in [0.717, 1.165) is 17.2 Å². The predicted molar refractivity (Wildman–Crippen MR) is 273 cm³/mol. The zero-order chi connectivity index (χ0) is 52.9. The van der Waals surface area contributed by atoms with Crippen LogP contribution in [0.3, 0.4) is 0 Å². The van der Waals surface area contributed by atoms with E-state index in [-0.39, 0.29) is 117 Å². The Hall–Kier alpha value is -7.83. The molecule has 1 saturated heterocycles. The van der Waals surface area contributed by atoms with Gasteiger partial charge < -0.3 is 50.8 Å². The van der Waals surface area contributed by atoms with Crippen LogP contribution in [0.1, 0.15) is 51.1 Å². The van der Waals surface area contributed by atoms with Gasteiger partial charge in [0.15, 0.2) is 0 Å². The summed E-state index contributed by atoms with van der Waals surface area (Å²) in [6.45, 7) is 3.03. The number of nitrogen functional groups attached to an aromatic ring is 1. The molecule has 1 unspecified atom stereocenters. The minimum atomic E-state index is -4.25. The maximum atomic E-state index is 15.6. The van der Waals surface area contributed by atoms with Crippen LogP contribution in [-0.4, -0.2) is 132 Å². The Kier molecular flexibility index (Phi) is 17.8. The Labute approximate surface area is 431 Å². The fourth-order valence-electron chi connectivity index (χ4n) is 8.63. The third-order valence-electron chi connectivity index (χ3n) is 12.4. The van der Waals surface area contributed by atoms with Crippen LogP contribution in [0.5, 0.6) is 0 Å². The first-order valence-corrected chi connectivity index (χ1v) is 25.7. The number of carbonyl (C=O) groups is 6. The first-order chi connectivity index (χ1) is 36.2. The summed E-state index contributed by atoms with van der Waals surface area (Å²) in [5, 5.41) is 13.6. The average Bonchev–Trinajstić information content (AvgIpc) is 3.72. The molecule has 4 heterocycles. The van der Waals surface area contributed by atoms with Crippen LogP contribution in [0, 0.1) is 5.82 Å². The van der Waals surface area contributed by atoms with Gasteiger partial charge in [0.05, 0.1) is 82.0 Å². The fraction of sp³-hybridized carbons (Fsp3) is 0.327. The van der Waals surface area contributed by atoms with Crippen molar-refractivity contribution in [1.29, 1.82) is 0 Å². The second-order valence-corrected chi connectivity index (χ2v) is 19.2. The van der Waals surface area contributed by atoms with E-state index in [4.69, 9.17) is 24.7 Å². The smallest absolute Gasteiger partial charge is 0.261 e. The van der Waals surface area contributed by atoms with Crippen molar-refractivity contribution in [3.8, 4) is 22.3 Å². The number of hydrogen-bond acceptors (Lipinski definition) is 15. The molecule has 394 valence electrons. The topological polar surface area (TPSA) is 288 Å². The normalized spacial score (nSPS) is 15.2. The predicted octanol–water partition coefficient (Wildman–Crippen LogP) is 3.61. The molecule has 1 fully saturated rings. The van der Waals surface area contributed by atoms with Gasteiger partial charge in [-0.3, -0.25) is 38.8 Å². The van der Waals surface area contributed by atoms with Crippen molar-refractivity contribution in [1.82, 2.24) is 25.8 Å². The van der Waals surface area contributed by atoms with Gasteiger partial charge in [0.1, 0.15) is 17.7 Å². The minimum Gasteiger partial charge on any atom is -0.383 e. The van der Waals surface area contributed by atoms with Gasteiger partial charge in [0, 0.05) is 65.9 Å². The Balaban J connectivity index is 0.656. The maximum Gasteiger partial charge on any atom is 0.261 e. The van der Waals surface area contributed by atoms with E-state index in [9.17, 15) is 37.2 Å². The molecule has 4 aromatic carbocycles. The number of halogens is 1. The zero-order valence-electron chi connectivity index (χ0n) is 40.7. The Bertz CT molecular complexity index is 3090. The SMILES string of the molecule is Nc1ncc(-c2ccc(S(=O)(=O)Nc3cccc(NC(=O)CCOCCOCCOCCOCCNC(=O)CNc4cccc5c4C(=O)N(C4CCC(=O)NC4=O)C5)c3)cc2F)cc1-c1ccc2c(c1)CCNC2=O. The van der Waals surface area contributed by atoms with Crippen LogP contribution in [0.25, 0.3) is 22.3 Å². The number of aromatic nitrogens is 1. The minimum absolute atomic E-state index is 0.0222. The van der Waals surface area contributed by atoms with E-state index in [0.29, 0.717) is 78.6 Å². The Morgan fingerprint density at radius 3 is 2.24 bits per heavy atom. The lowest BCUT2D eigenvalue weighted by Gasteiger charge is -2.29. The van der Waals surface area contributed by atoms with Crippen molar-refractivity contribution in [2.24, 2.45) is 0 Å². The highest BCUT2D eigenvalue weighted by molar-refractivity contribution is 7.92. The van der Waals surface area contributed by atoms with E-state index >= 15 is 4.39 Å². The van der Waals surface area contributed by atoms with Gasteiger partial charge in [0.2, 0.25) is 23.6 Å². The van der Waals surface area contributed by atoms with E-state index < -0.39 is 27.8 Å². The molecule has 6 amide bonds. The second kappa shape index (κ2) is 24.9. The lowest BCUT2D eigenvalue weighted by molar-refractivity contribution is -0.137. The second-order valence-electron chi connectivity index (χ2n) is 17.6. The van der Waals surface area contributed by atoms with Crippen LogP contribution in [0.15, 0.2) is 96.0 Å². The van der Waals surface area contributed by atoms with Crippen molar-refractivity contribution in [2.45, 2.75) is 43.2 Å². The van der Waals surface area contributed by atoms with E-state index in [1.807, 2.05) is 6.07 Å². The van der Waals surface area contributed by atoms with Crippen molar-refractivity contribution >= 4 is 68.3 Å². The molecule has 0 radical (unpaired) electrons. The summed E-state index contributed by atoms with van der Waals surface area (Å²) in [6, 6.07) is 21.2. The van der Waals surface area contributed by atoms with Crippen molar-refractivity contribution in [3.63, 3.8) is 0 Å². The number of hydrogen-bond donors (Lipinski definition) is 7. The Morgan fingerprint density at radius 1 is 0.760 bits per heavy atom. The number of piperidine rings is 1. The van der Waals surface area contributed by atoms with Gasteiger partial charge in [-0.05, 0) is 78.1 Å². The summed E-state index contributed by atoms with van der Waals surface area (Å²) in [7, 11) is -4.25. The Morgan fingerprint density at radius 2 is 1.48 bits per heavy atom. The van der Waals surface area contributed by atoms with E-state index in [2.05, 4.69) is 36.3 Å². The highest BCUT2D eigenvalue weighted by atomic mass is 32.2. The van der Waals surface area contributed by atoms with Crippen LogP contribution in [-0.2, 0) is 61.1 Å². The molecule has 0 spiro atoms. The summed E-state index contributed by atoms with van der Waals surface area (Å²) >= 11 is 0. The van der Waals surface area contributed by atoms with Gasteiger partial charge >= 0.3 is 0 Å². The molecule has 1 atom stereocenters. The highest BCUT2D eigenvalue weighted by Gasteiger charge is 2.40. The number of anilines is 4. The molecule has 0 saturated carbocycles. The van der Waals surface area contributed by atoms with Gasteiger partial charge in [-0.15, -0.1) is 0 Å². The number of imide groups is 1. The quantitative estimate of drug-likeness (QED) is 0.0325. The third-order valence-corrected chi connectivity index (χ3v) is 13.7. The zero-order valence-corrected chi connectivity index (χ0v) is 41.5. The summed E-state index contributed by atoms with van der Waals surface area (Å²) in [5.74, 6) is -2.58. The number of ether oxygens (including phenoxy) is 4. The van der Waals surface area contributed by atoms with Gasteiger partial charge in [-0.1, -0.05) is 36.4 Å². The molecule has 75 heavy (non-hydrogen) atoms. The maximum absolute atomic E-state index is 15.6. The lowest BCUT2D eigenvalue weighted by Crippen LogP contribution is -2.52. The molecule has 5 aromatic rings. The van der Waals surface area contributed by atoms with Crippen molar-refractivity contribution in [3.05, 3.63) is 119 Å². The summed E-state index contributed by atoms with van der Waals surface area (Å²) in [4.78, 5) is 79.9. The van der Waals surface area contributed by atoms with Crippen molar-refractivity contribution < 1.29 is 60.5 Å². The molecule has 8 rings (SSSR count). The number of carbonyl (C=O) groups excluding carboxylic acids is 6.